The van der Waals surface area contributed by atoms with Crippen LogP contribution in [-0.2, 0) is 38.1 Å². The van der Waals surface area contributed by atoms with Crippen LogP contribution in [0.5, 0.6) is 5.75 Å². The fraction of sp³-hybridized carbons (Fsp3) is 0.379. The van der Waals surface area contributed by atoms with Gasteiger partial charge in [0.05, 0.1) is 19.3 Å². The summed E-state index contributed by atoms with van der Waals surface area (Å²) >= 11 is 0. The fourth-order valence-corrected chi connectivity index (χ4v) is 7.81. The zero-order valence-electron chi connectivity index (χ0n) is 22.6. The van der Waals surface area contributed by atoms with Gasteiger partial charge in [-0.1, -0.05) is 18.2 Å². The standard InChI is InChI=1S/C29H28FN5O6S/c30-22-3-1-2-4-24(22)42(39,40)35-15-18(13-31-35)14-33-11-9-29(10-12-33)17-41-26-20-16-34(23-7-8-25(36)32-27(23)37)28(38)19(20)5-6-21(26)29/h1-6,13,15,23H,7-12,14,16-17H2,(H,32,36,37)/t23-/m0/s1. The Labute approximate surface area is 241 Å². The molecule has 0 radical (unpaired) electrons. The minimum absolute atomic E-state index is 0.201. The second kappa shape index (κ2) is 9.73. The first-order chi connectivity index (χ1) is 20.2. The van der Waals surface area contributed by atoms with Crippen LogP contribution in [0.15, 0.2) is 53.7 Å². The van der Waals surface area contributed by atoms with Crippen molar-refractivity contribution < 1.29 is 31.9 Å². The molecule has 0 aliphatic carbocycles. The maximum atomic E-state index is 14.1. The highest BCUT2D eigenvalue weighted by atomic mass is 32.2. The lowest BCUT2D eigenvalue weighted by Gasteiger charge is -2.38. The van der Waals surface area contributed by atoms with Gasteiger partial charge in [0.15, 0.2) is 0 Å². The van der Waals surface area contributed by atoms with Crippen LogP contribution in [0.2, 0.25) is 0 Å². The van der Waals surface area contributed by atoms with Gasteiger partial charge >= 0.3 is 0 Å². The van der Waals surface area contributed by atoms with Crippen molar-refractivity contribution in [1.29, 1.82) is 0 Å². The minimum atomic E-state index is -4.14. The van der Waals surface area contributed by atoms with Crippen molar-refractivity contribution in [3.05, 3.63) is 76.9 Å². The van der Waals surface area contributed by atoms with E-state index in [-0.39, 0.29) is 30.2 Å². The molecule has 42 heavy (non-hydrogen) atoms. The van der Waals surface area contributed by atoms with Crippen molar-refractivity contribution in [2.75, 3.05) is 19.7 Å². The number of halogens is 1. The number of amides is 3. The molecule has 1 atom stereocenters. The van der Waals surface area contributed by atoms with Gasteiger partial charge in [-0.05, 0) is 50.6 Å². The van der Waals surface area contributed by atoms with E-state index >= 15 is 0 Å². The van der Waals surface area contributed by atoms with Gasteiger partial charge in [-0.3, -0.25) is 24.6 Å². The van der Waals surface area contributed by atoms with Crippen LogP contribution in [0.25, 0.3) is 0 Å². The van der Waals surface area contributed by atoms with Gasteiger partial charge in [0.2, 0.25) is 11.8 Å². The lowest BCUT2D eigenvalue weighted by atomic mass is 9.74. The zero-order valence-corrected chi connectivity index (χ0v) is 23.4. The van der Waals surface area contributed by atoms with Crippen LogP contribution in [0.3, 0.4) is 0 Å². The summed E-state index contributed by atoms with van der Waals surface area (Å²) in [5.74, 6) is -1.08. The van der Waals surface area contributed by atoms with E-state index < -0.39 is 32.7 Å². The topological polar surface area (TPSA) is 131 Å². The molecule has 0 saturated carbocycles. The molecule has 2 aromatic carbocycles. The summed E-state index contributed by atoms with van der Waals surface area (Å²) in [4.78, 5) is 40.6. The van der Waals surface area contributed by atoms with Gasteiger partial charge in [-0.15, -0.1) is 0 Å². The van der Waals surface area contributed by atoms with Gasteiger partial charge in [-0.2, -0.15) is 17.6 Å². The first-order valence-electron chi connectivity index (χ1n) is 13.9. The van der Waals surface area contributed by atoms with Gasteiger partial charge in [0, 0.05) is 46.8 Å². The third-order valence-electron chi connectivity index (χ3n) is 8.92. The summed E-state index contributed by atoms with van der Waals surface area (Å²) in [6.07, 6.45) is 5.05. The number of nitrogens with one attached hydrogen (secondary N) is 1. The summed E-state index contributed by atoms with van der Waals surface area (Å²) in [6, 6.07) is 8.35. The SMILES string of the molecule is O=C1CC[C@H](N2Cc3c(ccc4c3OCC43CCN(Cc4cnn(S(=O)(=O)c5ccccc5F)c4)CC3)C2=O)C(=O)N1. The lowest BCUT2D eigenvalue weighted by molar-refractivity contribution is -0.136. The van der Waals surface area contributed by atoms with Crippen molar-refractivity contribution in [1.82, 2.24) is 24.3 Å². The molecule has 0 bridgehead atoms. The van der Waals surface area contributed by atoms with Crippen molar-refractivity contribution >= 4 is 27.7 Å². The van der Waals surface area contributed by atoms with Gasteiger partial charge in [0.1, 0.15) is 22.5 Å². The molecule has 1 aromatic heterocycles. The summed E-state index contributed by atoms with van der Waals surface area (Å²) in [7, 11) is -4.14. The van der Waals surface area contributed by atoms with Crippen molar-refractivity contribution in [3.8, 4) is 5.75 Å². The minimum Gasteiger partial charge on any atom is -0.492 e. The molecule has 4 aliphatic heterocycles. The number of imide groups is 1. The number of aromatic nitrogens is 2. The number of ether oxygens (including phenoxy) is 1. The van der Waals surface area contributed by atoms with E-state index in [1.54, 1.807) is 0 Å². The number of benzene rings is 2. The van der Waals surface area contributed by atoms with E-state index in [0.717, 1.165) is 53.0 Å². The maximum absolute atomic E-state index is 14.1. The Morgan fingerprint density at radius 2 is 1.88 bits per heavy atom. The molecule has 5 heterocycles. The molecule has 3 aromatic rings. The Bertz CT molecular complexity index is 1750. The number of rotatable bonds is 5. The summed E-state index contributed by atoms with van der Waals surface area (Å²) < 4.78 is 46.9. The average Bonchev–Trinajstić information content (AvgIpc) is 3.67. The second-order valence-electron chi connectivity index (χ2n) is 11.4. The molecule has 3 amide bonds. The van der Waals surface area contributed by atoms with Crippen LogP contribution >= 0.6 is 0 Å². The van der Waals surface area contributed by atoms with Crippen LogP contribution < -0.4 is 10.1 Å². The normalized spacial score (nSPS) is 21.8. The highest BCUT2D eigenvalue weighted by molar-refractivity contribution is 7.89. The van der Waals surface area contributed by atoms with Crippen molar-refractivity contribution in [3.63, 3.8) is 0 Å². The van der Waals surface area contributed by atoms with Crippen molar-refractivity contribution in [2.45, 2.75) is 55.1 Å². The molecular formula is C29H28FN5O6S. The molecule has 0 unspecified atom stereocenters. The number of carbonyl (C=O) groups excluding carboxylic acids is 3. The third kappa shape index (κ3) is 4.21. The second-order valence-corrected chi connectivity index (χ2v) is 13.1. The average molecular weight is 594 g/mol. The number of carbonyl (C=O) groups is 3. The first kappa shape index (κ1) is 26.8. The summed E-state index contributed by atoms with van der Waals surface area (Å²) in [5, 5.41) is 6.34. The molecule has 2 saturated heterocycles. The largest absolute Gasteiger partial charge is 0.492 e. The molecule has 1 N–H and O–H groups in total. The Balaban J connectivity index is 1.04. The molecule has 11 nitrogen and oxygen atoms in total. The van der Waals surface area contributed by atoms with E-state index in [4.69, 9.17) is 4.74 Å². The number of nitrogens with zero attached hydrogens (tertiary/aromatic N) is 4. The Kier molecular flexibility index (Phi) is 6.21. The van der Waals surface area contributed by atoms with E-state index in [1.165, 1.54) is 35.5 Å². The van der Waals surface area contributed by atoms with E-state index in [1.807, 2.05) is 12.1 Å². The third-order valence-corrected chi connectivity index (χ3v) is 10.5. The van der Waals surface area contributed by atoms with Crippen molar-refractivity contribution in [2.24, 2.45) is 0 Å². The van der Waals surface area contributed by atoms with Gasteiger partial charge in [-0.25, -0.2) is 4.39 Å². The van der Waals surface area contributed by atoms with Crippen LogP contribution in [0.4, 0.5) is 4.39 Å². The van der Waals surface area contributed by atoms with Crippen LogP contribution in [-0.4, -0.2) is 70.9 Å². The fourth-order valence-electron chi connectivity index (χ4n) is 6.60. The number of likely N-dealkylation sites (tertiary alicyclic amines) is 1. The predicted molar refractivity (Wildman–Crippen MR) is 145 cm³/mol. The van der Waals surface area contributed by atoms with E-state index in [2.05, 4.69) is 15.3 Å². The Morgan fingerprint density at radius 3 is 2.64 bits per heavy atom. The van der Waals surface area contributed by atoms with Gasteiger partial charge < -0.3 is 9.64 Å². The molecule has 218 valence electrons. The Hall–Kier alpha value is -4.10. The molecule has 4 aliphatic rings. The predicted octanol–water partition coefficient (Wildman–Crippen LogP) is 1.95. The number of piperidine rings is 2. The van der Waals surface area contributed by atoms with Gasteiger partial charge in [0.25, 0.3) is 15.9 Å². The quantitative estimate of drug-likeness (QED) is 0.445. The number of hydrogen-bond acceptors (Lipinski definition) is 8. The molecule has 13 heteroatoms. The number of hydrogen-bond donors (Lipinski definition) is 1. The summed E-state index contributed by atoms with van der Waals surface area (Å²) in [5.41, 5.74) is 2.91. The lowest BCUT2D eigenvalue weighted by Crippen LogP contribution is -2.52. The zero-order chi connectivity index (χ0) is 29.2. The van der Waals surface area contributed by atoms with Crippen LogP contribution in [0.1, 0.15) is 52.7 Å². The molecule has 7 rings (SSSR count). The number of fused-ring (bicyclic) bond motifs is 4. The maximum Gasteiger partial charge on any atom is 0.285 e. The highest BCUT2D eigenvalue weighted by Crippen LogP contribution is 2.49. The Morgan fingerprint density at radius 1 is 1.10 bits per heavy atom. The summed E-state index contributed by atoms with van der Waals surface area (Å²) in [6.45, 7) is 2.75. The van der Waals surface area contributed by atoms with E-state index in [0.29, 0.717) is 30.7 Å². The highest BCUT2D eigenvalue weighted by Gasteiger charge is 2.47. The molecular weight excluding hydrogens is 565 g/mol. The first-order valence-corrected chi connectivity index (χ1v) is 15.3. The smallest absolute Gasteiger partial charge is 0.285 e. The van der Waals surface area contributed by atoms with E-state index in [9.17, 15) is 27.2 Å². The molecule has 2 fully saturated rings. The van der Waals surface area contributed by atoms with Crippen LogP contribution in [0, 0.1) is 5.82 Å². The molecule has 1 spiro atoms. The monoisotopic (exact) mass is 593 g/mol.